The van der Waals surface area contributed by atoms with E-state index in [0.29, 0.717) is 5.92 Å². The normalized spacial score (nSPS) is 14.6. The topological polar surface area (TPSA) is 37.8 Å². The molecule has 1 saturated carbocycles. The van der Waals surface area contributed by atoms with Gasteiger partial charge in [0, 0.05) is 18.5 Å². The van der Waals surface area contributed by atoms with Crippen LogP contribution >= 0.6 is 11.3 Å². The summed E-state index contributed by atoms with van der Waals surface area (Å²) < 4.78 is 0. The molecule has 0 saturated heterocycles. The van der Waals surface area contributed by atoms with E-state index in [4.69, 9.17) is 4.98 Å². The zero-order valence-electron chi connectivity index (χ0n) is 11.4. The summed E-state index contributed by atoms with van der Waals surface area (Å²) >= 11 is 1.76. The van der Waals surface area contributed by atoms with Gasteiger partial charge in [-0.15, -0.1) is 11.3 Å². The van der Waals surface area contributed by atoms with Crippen LogP contribution in [0.4, 0.5) is 5.82 Å². The maximum absolute atomic E-state index is 4.77. The molecular formula is C15H19N3S. The summed E-state index contributed by atoms with van der Waals surface area (Å²) in [7, 11) is 0. The number of hydrogen-bond donors (Lipinski definition) is 1. The van der Waals surface area contributed by atoms with Gasteiger partial charge in [0.15, 0.2) is 0 Å². The molecule has 100 valence electrons. The van der Waals surface area contributed by atoms with Crippen LogP contribution in [-0.2, 0) is 0 Å². The quantitative estimate of drug-likeness (QED) is 0.886. The second-order valence-corrected chi connectivity index (χ2v) is 6.05. The molecule has 3 nitrogen and oxygen atoms in total. The van der Waals surface area contributed by atoms with Crippen molar-refractivity contribution in [2.45, 2.75) is 39.0 Å². The van der Waals surface area contributed by atoms with E-state index in [2.05, 4.69) is 41.7 Å². The summed E-state index contributed by atoms with van der Waals surface area (Å²) in [5, 5.41) is 5.52. The lowest BCUT2D eigenvalue weighted by atomic mass is 10.2. The minimum atomic E-state index is 0.586. The monoisotopic (exact) mass is 273 g/mol. The van der Waals surface area contributed by atoms with Crippen molar-refractivity contribution in [3.63, 3.8) is 0 Å². The van der Waals surface area contributed by atoms with Crippen molar-refractivity contribution in [2.75, 3.05) is 11.9 Å². The van der Waals surface area contributed by atoms with Gasteiger partial charge in [0.25, 0.3) is 0 Å². The maximum Gasteiger partial charge on any atom is 0.134 e. The van der Waals surface area contributed by atoms with Crippen LogP contribution in [0.1, 0.15) is 43.5 Å². The van der Waals surface area contributed by atoms with Crippen molar-refractivity contribution in [3.05, 3.63) is 28.9 Å². The fourth-order valence-corrected chi connectivity index (χ4v) is 2.97. The Morgan fingerprint density at radius 1 is 1.37 bits per heavy atom. The zero-order chi connectivity index (χ0) is 13.2. The molecule has 0 atom stereocenters. The molecule has 4 heteroatoms. The lowest BCUT2D eigenvalue weighted by Crippen LogP contribution is -2.05. The summed E-state index contributed by atoms with van der Waals surface area (Å²) in [6, 6.07) is 4.23. The van der Waals surface area contributed by atoms with Crippen molar-refractivity contribution in [2.24, 2.45) is 0 Å². The van der Waals surface area contributed by atoms with E-state index in [-0.39, 0.29) is 0 Å². The Hall–Kier alpha value is -1.42. The van der Waals surface area contributed by atoms with Gasteiger partial charge in [-0.05, 0) is 43.2 Å². The molecule has 0 bridgehead atoms. The Balaban J connectivity index is 1.98. The molecule has 0 aromatic carbocycles. The van der Waals surface area contributed by atoms with Crippen LogP contribution in [0.5, 0.6) is 0 Å². The molecule has 1 N–H and O–H groups in total. The first-order valence-electron chi connectivity index (χ1n) is 6.95. The highest BCUT2D eigenvalue weighted by atomic mass is 32.1. The average Bonchev–Trinajstić information content (AvgIpc) is 3.18. The van der Waals surface area contributed by atoms with Gasteiger partial charge in [0.05, 0.1) is 10.6 Å². The van der Waals surface area contributed by atoms with Crippen LogP contribution in [0.3, 0.4) is 0 Å². The molecule has 0 unspecified atom stereocenters. The number of rotatable bonds is 5. The van der Waals surface area contributed by atoms with Crippen LogP contribution in [0, 0.1) is 6.92 Å². The molecule has 2 heterocycles. The minimum absolute atomic E-state index is 0.586. The van der Waals surface area contributed by atoms with Gasteiger partial charge in [-0.25, -0.2) is 9.97 Å². The second kappa shape index (κ2) is 5.29. The molecule has 0 spiro atoms. The third-order valence-corrected chi connectivity index (χ3v) is 4.38. The van der Waals surface area contributed by atoms with E-state index < -0.39 is 0 Å². The molecule has 1 aliphatic carbocycles. The summed E-state index contributed by atoms with van der Waals surface area (Å²) in [5.41, 5.74) is 2.37. The van der Waals surface area contributed by atoms with Gasteiger partial charge in [-0.3, -0.25) is 0 Å². The molecule has 2 aromatic heterocycles. The highest BCUT2D eigenvalue weighted by Gasteiger charge is 2.27. The van der Waals surface area contributed by atoms with Crippen molar-refractivity contribution in [1.82, 2.24) is 9.97 Å². The summed E-state index contributed by atoms with van der Waals surface area (Å²) in [6.07, 6.45) is 3.58. The van der Waals surface area contributed by atoms with Crippen LogP contribution in [0.15, 0.2) is 17.5 Å². The van der Waals surface area contributed by atoms with Crippen molar-refractivity contribution >= 4 is 17.2 Å². The zero-order valence-corrected chi connectivity index (χ0v) is 12.3. The Labute approximate surface area is 118 Å². The highest BCUT2D eigenvalue weighted by Crippen LogP contribution is 2.40. The van der Waals surface area contributed by atoms with Gasteiger partial charge in [-0.2, -0.15) is 0 Å². The number of aromatic nitrogens is 2. The fraction of sp³-hybridized carbons (Fsp3) is 0.467. The molecule has 0 amide bonds. The molecule has 19 heavy (non-hydrogen) atoms. The van der Waals surface area contributed by atoms with Crippen molar-refractivity contribution in [1.29, 1.82) is 0 Å². The number of hydrogen-bond acceptors (Lipinski definition) is 4. The fourth-order valence-electron chi connectivity index (χ4n) is 2.09. The molecule has 3 rings (SSSR count). The Kier molecular flexibility index (Phi) is 3.51. The second-order valence-electron chi connectivity index (χ2n) is 5.13. The van der Waals surface area contributed by atoms with Gasteiger partial charge >= 0.3 is 0 Å². The number of nitrogens with zero attached hydrogens (tertiary/aromatic N) is 2. The van der Waals surface area contributed by atoms with Crippen LogP contribution in [0.25, 0.3) is 10.6 Å². The lowest BCUT2D eigenvalue weighted by molar-refractivity contribution is 0.911. The molecule has 1 fully saturated rings. The van der Waals surface area contributed by atoms with Gasteiger partial charge < -0.3 is 5.32 Å². The van der Waals surface area contributed by atoms with Gasteiger partial charge in [-0.1, -0.05) is 6.92 Å². The number of nitrogens with one attached hydrogen (secondary N) is 1. The van der Waals surface area contributed by atoms with Crippen molar-refractivity contribution < 1.29 is 0 Å². The Morgan fingerprint density at radius 2 is 2.21 bits per heavy atom. The van der Waals surface area contributed by atoms with E-state index >= 15 is 0 Å². The standard InChI is InChI=1S/C15H19N3S/c1-3-7-16-13-9-12(14-10(2)6-8-19-14)17-15(18-13)11-4-5-11/h6,8-9,11H,3-5,7H2,1-2H3,(H,16,17,18). The summed E-state index contributed by atoms with van der Waals surface area (Å²) in [4.78, 5) is 10.7. The number of anilines is 1. The third-order valence-electron chi connectivity index (χ3n) is 3.34. The number of aryl methyl sites for hydroxylation is 1. The van der Waals surface area contributed by atoms with E-state index in [0.717, 1.165) is 30.3 Å². The first-order valence-corrected chi connectivity index (χ1v) is 7.83. The molecule has 0 radical (unpaired) electrons. The molecule has 0 aliphatic heterocycles. The van der Waals surface area contributed by atoms with E-state index in [1.54, 1.807) is 11.3 Å². The predicted octanol–water partition coefficient (Wildman–Crippen LogP) is 4.21. The maximum atomic E-state index is 4.77. The summed E-state index contributed by atoms with van der Waals surface area (Å²) in [5.74, 6) is 2.58. The SMILES string of the molecule is CCCNc1cc(-c2sccc2C)nc(C2CC2)n1. The largest absolute Gasteiger partial charge is 0.370 e. The first-order chi connectivity index (χ1) is 9.28. The molecule has 1 aliphatic rings. The Morgan fingerprint density at radius 3 is 2.84 bits per heavy atom. The van der Waals surface area contributed by atoms with E-state index in [9.17, 15) is 0 Å². The average molecular weight is 273 g/mol. The van der Waals surface area contributed by atoms with E-state index in [1.165, 1.54) is 23.3 Å². The van der Waals surface area contributed by atoms with Crippen LogP contribution in [0.2, 0.25) is 0 Å². The Bertz CT molecular complexity index is 573. The number of thiophene rings is 1. The van der Waals surface area contributed by atoms with Gasteiger partial charge in [0.1, 0.15) is 11.6 Å². The highest BCUT2D eigenvalue weighted by molar-refractivity contribution is 7.13. The van der Waals surface area contributed by atoms with Crippen LogP contribution in [-0.4, -0.2) is 16.5 Å². The molecular weight excluding hydrogens is 254 g/mol. The van der Waals surface area contributed by atoms with E-state index in [1.807, 2.05) is 0 Å². The minimum Gasteiger partial charge on any atom is -0.370 e. The lowest BCUT2D eigenvalue weighted by Gasteiger charge is -2.09. The van der Waals surface area contributed by atoms with Crippen LogP contribution < -0.4 is 5.32 Å². The van der Waals surface area contributed by atoms with Crippen molar-refractivity contribution in [3.8, 4) is 10.6 Å². The van der Waals surface area contributed by atoms with Gasteiger partial charge in [0.2, 0.25) is 0 Å². The summed E-state index contributed by atoms with van der Waals surface area (Å²) in [6.45, 7) is 5.27. The smallest absolute Gasteiger partial charge is 0.134 e. The first kappa shape index (κ1) is 12.6. The molecule has 2 aromatic rings. The third kappa shape index (κ3) is 2.78. The predicted molar refractivity (Wildman–Crippen MR) is 80.8 cm³/mol.